The zero-order valence-corrected chi connectivity index (χ0v) is 12.8. The molecule has 6 N–H and O–H groups in total. The Labute approximate surface area is 111 Å². The Morgan fingerprint density at radius 2 is 0.538 bits per heavy atom. The summed E-state index contributed by atoms with van der Waals surface area (Å²) in [7, 11) is 0. The standard InChI is InChI=1S/2AsH3O4.3Mn/c2*2-1(3,4)5;;;/h2*(H3,2,3,4,5);;;. The summed E-state index contributed by atoms with van der Waals surface area (Å²) in [6.07, 6.45) is 0. The van der Waals surface area contributed by atoms with Gasteiger partial charge < -0.3 is 0 Å². The normalized spacial score (nSPS) is 9.08. The minimum atomic E-state index is -5.12. The van der Waals surface area contributed by atoms with Gasteiger partial charge in [0.1, 0.15) is 0 Å². The molecule has 0 unspecified atom stereocenters. The summed E-state index contributed by atoms with van der Waals surface area (Å²) >= 11 is -10.2. The van der Waals surface area contributed by atoms with Crippen molar-refractivity contribution in [3.05, 3.63) is 0 Å². The van der Waals surface area contributed by atoms with Crippen LogP contribution in [0.2, 0.25) is 0 Å². The van der Waals surface area contributed by atoms with Gasteiger partial charge in [-0.25, -0.2) is 0 Å². The summed E-state index contributed by atoms with van der Waals surface area (Å²) in [6.45, 7) is 0. The fourth-order valence-electron chi connectivity index (χ4n) is 0. The van der Waals surface area contributed by atoms with E-state index in [0.717, 1.165) is 0 Å². The van der Waals surface area contributed by atoms with Gasteiger partial charge in [-0.2, -0.15) is 0 Å². The third-order valence-corrected chi connectivity index (χ3v) is 0. The molecule has 0 amide bonds. The van der Waals surface area contributed by atoms with Crippen LogP contribution in [0.3, 0.4) is 0 Å². The van der Waals surface area contributed by atoms with Crippen LogP contribution in [-0.4, -0.2) is 53.6 Å². The van der Waals surface area contributed by atoms with Crippen molar-refractivity contribution in [3.8, 4) is 0 Å². The van der Waals surface area contributed by atoms with E-state index in [1.54, 1.807) is 0 Å². The zero-order valence-electron chi connectivity index (χ0n) is 5.53. The van der Waals surface area contributed by atoms with E-state index in [-0.39, 0.29) is 51.2 Å². The summed E-state index contributed by atoms with van der Waals surface area (Å²) in [4.78, 5) is 0. The molecule has 85 valence electrons. The van der Waals surface area contributed by atoms with Gasteiger partial charge in [-0.3, -0.25) is 0 Å². The predicted octanol–water partition coefficient (Wildman–Crippen LogP) is -4.35. The molecule has 0 aromatic carbocycles. The molecular weight excluding hydrogens is 443 g/mol. The fraction of sp³-hybridized carbons (Fsp3) is 0. The largest absolute Gasteiger partial charge is 0 e. The first-order chi connectivity index (χ1) is 4.00. The molecule has 0 heterocycles. The maximum atomic E-state index is 8.94. The molecule has 0 saturated heterocycles. The molecule has 0 aromatic rings. The van der Waals surface area contributed by atoms with Crippen molar-refractivity contribution in [3.63, 3.8) is 0 Å². The van der Waals surface area contributed by atoms with Crippen LogP contribution in [0.25, 0.3) is 0 Å². The van der Waals surface area contributed by atoms with Crippen LogP contribution in [0.1, 0.15) is 0 Å². The van der Waals surface area contributed by atoms with Crippen molar-refractivity contribution in [2.24, 2.45) is 0 Å². The van der Waals surface area contributed by atoms with Gasteiger partial charge in [0.25, 0.3) is 0 Å². The van der Waals surface area contributed by atoms with Gasteiger partial charge in [0.15, 0.2) is 0 Å². The zero-order chi connectivity index (χ0) is 9.00. The Morgan fingerprint density at radius 1 is 0.538 bits per heavy atom. The second kappa shape index (κ2) is 12.1. The van der Waals surface area contributed by atoms with Crippen LogP contribution >= 0.6 is 0 Å². The molecule has 13 heavy (non-hydrogen) atoms. The van der Waals surface area contributed by atoms with Gasteiger partial charge in [0, 0.05) is 51.2 Å². The molecular formula is H6As2Mn3O8. The summed E-state index contributed by atoms with van der Waals surface area (Å²) in [5.41, 5.74) is 0. The molecule has 0 atom stereocenters. The minimum Gasteiger partial charge on any atom is 0 e. The summed E-state index contributed by atoms with van der Waals surface area (Å²) < 4.78 is 61.4. The molecule has 0 aromatic heterocycles. The van der Waals surface area contributed by atoms with Crippen molar-refractivity contribution in [1.29, 1.82) is 0 Å². The first kappa shape index (κ1) is 29.4. The quantitative estimate of drug-likeness (QED) is 0.203. The third kappa shape index (κ3) is 491. The maximum absolute atomic E-state index is 8.94. The predicted molar refractivity (Wildman–Crippen MR) is 26.2 cm³/mol. The van der Waals surface area contributed by atoms with Crippen LogP contribution in [0.5, 0.6) is 0 Å². The van der Waals surface area contributed by atoms with Crippen molar-refractivity contribution < 1.29 is 83.3 Å². The van der Waals surface area contributed by atoms with Gasteiger partial charge in [0.05, 0.1) is 0 Å². The van der Waals surface area contributed by atoms with E-state index in [0.29, 0.717) is 0 Å². The molecule has 13 heteroatoms. The molecule has 0 rings (SSSR count). The van der Waals surface area contributed by atoms with Crippen LogP contribution in [0.4, 0.5) is 0 Å². The van der Waals surface area contributed by atoms with E-state index >= 15 is 0 Å². The Hall–Kier alpha value is 2.04. The molecule has 0 saturated carbocycles. The topological polar surface area (TPSA) is 156 Å². The van der Waals surface area contributed by atoms with Gasteiger partial charge >= 0.3 is 61.1 Å². The molecule has 8 nitrogen and oxygen atoms in total. The third-order valence-electron chi connectivity index (χ3n) is 0. The number of rotatable bonds is 0. The van der Waals surface area contributed by atoms with Gasteiger partial charge in [-0.05, 0) is 0 Å². The van der Waals surface area contributed by atoms with Crippen LogP contribution in [-0.2, 0) is 58.7 Å². The van der Waals surface area contributed by atoms with Crippen molar-refractivity contribution in [1.82, 2.24) is 0 Å². The van der Waals surface area contributed by atoms with E-state index in [1.807, 2.05) is 0 Å². The number of hydrogen-bond acceptors (Lipinski definition) is 2. The Balaban J connectivity index is -0.0000000267. The van der Waals surface area contributed by atoms with Crippen molar-refractivity contribution in [2.45, 2.75) is 0 Å². The van der Waals surface area contributed by atoms with Crippen molar-refractivity contribution in [2.75, 3.05) is 0 Å². The van der Waals surface area contributed by atoms with E-state index in [1.165, 1.54) is 0 Å². The van der Waals surface area contributed by atoms with E-state index in [2.05, 4.69) is 0 Å². The van der Waals surface area contributed by atoms with Crippen molar-refractivity contribution >= 4 is 29.0 Å². The smallest absolute Gasteiger partial charge is 0 e. The Bertz CT molecular complexity index is 130. The first-order valence-electron chi connectivity index (χ1n) is 1.57. The van der Waals surface area contributed by atoms with Crippen LogP contribution < -0.4 is 0 Å². The SMILES string of the molecule is O=[As](O)(O)O.O=[As](O)(O)O.[Mn].[Mn].[Mn]. The molecule has 0 aliphatic carbocycles. The van der Waals surface area contributed by atoms with Gasteiger partial charge in [-0.1, -0.05) is 0 Å². The molecule has 3 radical (unpaired) electrons. The second-order valence-corrected chi connectivity index (χ2v) is 5.33. The molecule has 0 aliphatic rings. The Kier molecular flexibility index (Phi) is 27.4. The van der Waals surface area contributed by atoms with Crippen LogP contribution in [0, 0.1) is 0 Å². The Morgan fingerprint density at radius 3 is 0.538 bits per heavy atom. The number of hydrogen-bond donors (Lipinski definition) is 6. The maximum Gasteiger partial charge on any atom is 0 e. The molecule has 0 bridgehead atoms. The van der Waals surface area contributed by atoms with Crippen LogP contribution in [0.15, 0.2) is 0 Å². The molecule has 0 aliphatic heterocycles. The summed E-state index contributed by atoms with van der Waals surface area (Å²) in [6, 6.07) is 0. The fourth-order valence-corrected chi connectivity index (χ4v) is 0. The summed E-state index contributed by atoms with van der Waals surface area (Å²) in [5, 5.41) is 0. The second-order valence-electron chi connectivity index (χ2n) is 1.03. The first-order valence-corrected chi connectivity index (χ1v) is 8.13. The molecule has 0 spiro atoms. The monoisotopic (exact) mass is 449 g/mol. The average Bonchev–Trinajstić information content (AvgIpc) is 1.12. The average molecular weight is 449 g/mol. The van der Waals surface area contributed by atoms with Gasteiger partial charge in [0.2, 0.25) is 0 Å². The van der Waals surface area contributed by atoms with E-state index in [9.17, 15) is 0 Å². The van der Waals surface area contributed by atoms with E-state index in [4.69, 9.17) is 32.1 Å². The molecule has 0 fully saturated rings. The van der Waals surface area contributed by atoms with E-state index < -0.39 is 29.0 Å². The summed E-state index contributed by atoms with van der Waals surface area (Å²) in [5.74, 6) is 0. The van der Waals surface area contributed by atoms with Gasteiger partial charge in [-0.15, -0.1) is 0 Å². The minimum absolute atomic E-state index is 0.